The highest BCUT2D eigenvalue weighted by molar-refractivity contribution is 6.00. The molecule has 0 aliphatic rings. The largest absolute Gasteiger partial charge is 0.281 e. The first-order valence-electron chi connectivity index (χ1n) is 25.8. The van der Waals surface area contributed by atoms with Gasteiger partial charge in [0.1, 0.15) is 12.1 Å². The number of rotatable bonds is 12. The minimum absolute atomic E-state index is 0.0278. The Balaban J connectivity index is 0.00000114. The Kier molecular flexibility index (Phi) is 33.2. The molecule has 0 spiro atoms. The molecule has 464 valence electrons. The Morgan fingerprint density at radius 2 is 0.709 bits per heavy atom. The van der Waals surface area contributed by atoms with Crippen molar-refractivity contribution in [3.8, 4) is 12.1 Å². The van der Waals surface area contributed by atoms with E-state index in [9.17, 15) is 79.5 Å². The molecule has 5 rings (SSSR count). The second-order valence-electron chi connectivity index (χ2n) is 18.4. The summed E-state index contributed by atoms with van der Waals surface area (Å²) in [4.78, 5) is 89.0. The first-order valence-corrected chi connectivity index (χ1v) is 25.8. The fraction of sp³-hybridized carbons (Fsp3) is 0.333. The number of carbonyl (C=O) groups is 8. The first kappa shape index (κ1) is 76.3. The predicted molar refractivity (Wildman–Crippen MR) is 305 cm³/mol. The third-order valence-corrected chi connectivity index (χ3v) is 11.9. The highest BCUT2D eigenvalue weighted by atomic mass is 19.2. The second-order valence-corrected chi connectivity index (χ2v) is 18.4. The van der Waals surface area contributed by atoms with Crippen LogP contribution in [0.3, 0.4) is 0 Å². The van der Waals surface area contributed by atoms with Gasteiger partial charge in [0, 0.05) is 105 Å². The molecule has 0 atom stereocenters. The molecule has 0 unspecified atom stereocenters. The van der Waals surface area contributed by atoms with E-state index in [0.29, 0.717) is 34.2 Å². The van der Waals surface area contributed by atoms with E-state index in [1.54, 1.807) is 61.5 Å². The van der Waals surface area contributed by atoms with Gasteiger partial charge in [-0.2, -0.15) is 51.5 Å². The lowest BCUT2D eigenvalue weighted by Gasteiger charge is -2.15. The zero-order valence-corrected chi connectivity index (χ0v) is 50.5. The number of nitriles is 2. The van der Waals surface area contributed by atoms with Crippen LogP contribution in [0.15, 0.2) is 91.0 Å². The normalized spacial score (nSPS) is 9.69. The summed E-state index contributed by atoms with van der Waals surface area (Å²) >= 11 is 0. The van der Waals surface area contributed by atoms with Gasteiger partial charge in [0.15, 0.2) is 0 Å². The van der Waals surface area contributed by atoms with Crippen LogP contribution in [0.25, 0.3) is 0 Å². The molecule has 0 N–H and O–H groups in total. The number of aryl methyl sites for hydroxylation is 4. The summed E-state index contributed by atoms with van der Waals surface area (Å²) in [6.45, 7) is 11.1. The zero-order valence-electron chi connectivity index (χ0n) is 50.5. The van der Waals surface area contributed by atoms with Crippen LogP contribution in [0.4, 0.5) is 35.9 Å². The third kappa shape index (κ3) is 25.4. The van der Waals surface area contributed by atoms with E-state index < -0.39 is 47.3 Å². The van der Waals surface area contributed by atoms with Gasteiger partial charge < -0.3 is 0 Å². The van der Waals surface area contributed by atoms with Crippen LogP contribution in [-0.2, 0) is 46.5 Å². The van der Waals surface area contributed by atoms with Gasteiger partial charge in [-0.25, -0.2) is 0 Å². The van der Waals surface area contributed by atoms with Crippen LogP contribution in [0, 0.1) is 29.6 Å². The lowest BCUT2D eigenvalue weighted by atomic mass is 9.93. The summed E-state index contributed by atoms with van der Waals surface area (Å²) < 4.78 is 100. The van der Waals surface area contributed by atoms with Crippen molar-refractivity contribution in [2.45, 2.75) is 80.6 Å². The molecule has 0 heterocycles. The molecule has 18 nitrogen and oxygen atoms in total. The van der Waals surface area contributed by atoms with E-state index in [2.05, 4.69) is 0 Å². The monoisotopic (exact) mass is 1210 g/mol. The van der Waals surface area contributed by atoms with Crippen molar-refractivity contribution in [2.24, 2.45) is 0 Å². The molecule has 0 saturated heterocycles. The Labute approximate surface area is 495 Å². The maximum atomic E-state index is 13.6. The molecular formula is C60H70F8N10O8. The van der Waals surface area contributed by atoms with E-state index in [-0.39, 0.29) is 87.2 Å². The molecule has 5 aromatic rings. The average Bonchev–Trinajstić information content (AvgIpc) is 1.83. The van der Waals surface area contributed by atoms with Crippen molar-refractivity contribution >= 4 is 47.3 Å². The molecule has 0 radical (unpaired) electrons. The van der Waals surface area contributed by atoms with Gasteiger partial charge in [0.05, 0.1) is 11.1 Å². The van der Waals surface area contributed by atoms with Gasteiger partial charge in [0.25, 0.3) is 29.5 Å². The Morgan fingerprint density at radius 3 is 1.02 bits per heavy atom. The van der Waals surface area contributed by atoms with E-state index in [1.165, 1.54) is 12.1 Å². The molecule has 86 heavy (non-hydrogen) atoms. The van der Waals surface area contributed by atoms with Crippen molar-refractivity contribution in [1.29, 1.82) is 10.5 Å². The first-order chi connectivity index (χ1) is 40.0. The molecular weight excluding hydrogens is 1140 g/mol. The van der Waals surface area contributed by atoms with Crippen molar-refractivity contribution in [1.82, 2.24) is 41.0 Å². The van der Waals surface area contributed by atoms with Gasteiger partial charge >= 0.3 is 0 Å². The quantitative estimate of drug-likeness (QED) is 0.0852. The van der Waals surface area contributed by atoms with Gasteiger partial charge in [0.2, 0.25) is 17.7 Å². The molecule has 0 fully saturated rings. The number of hydrogen-bond acceptors (Lipinski definition) is 10. The van der Waals surface area contributed by atoms with Crippen molar-refractivity contribution in [2.75, 3.05) is 56.4 Å². The maximum Gasteiger partial charge on any atom is 0.281 e. The number of hydrogen-bond donors (Lipinski definition) is 0. The molecule has 26 heteroatoms. The molecule has 0 aromatic heterocycles. The summed E-state index contributed by atoms with van der Waals surface area (Å²) in [6, 6.07) is 28.7. The summed E-state index contributed by atoms with van der Waals surface area (Å²) in [5.41, 5.74) is 6.71. The fourth-order valence-corrected chi connectivity index (χ4v) is 6.81. The van der Waals surface area contributed by atoms with E-state index in [0.717, 1.165) is 118 Å². The van der Waals surface area contributed by atoms with Crippen LogP contribution in [-0.4, -0.2) is 145 Å². The van der Waals surface area contributed by atoms with Crippen LogP contribution in [0.2, 0.25) is 0 Å². The SMILES string of the molecule is CC(=O)N(C)F.CC(=O)N(C)F.CC(=O)N(C)F.CCc1ccc(C)c(C(=O)N(C)F)c1.CCc1ccc(Cc2cc(C(=O)N(C)F)cc(C(=O)N(C)F)c2)c(C(=O)N(C)F)c1.CCc1ccc(Cc2cccc(C#N)c2C#N)c(C(=O)N(C)F)c1. The molecule has 0 aliphatic carbocycles. The van der Waals surface area contributed by atoms with Gasteiger partial charge in [-0.05, 0) is 126 Å². The number of nitrogens with zero attached hydrogens (tertiary/aromatic N) is 10. The lowest BCUT2D eigenvalue weighted by Crippen LogP contribution is -2.22. The third-order valence-electron chi connectivity index (χ3n) is 11.9. The van der Waals surface area contributed by atoms with E-state index in [1.807, 2.05) is 51.1 Å². The van der Waals surface area contributed by atoms with Crippen LogP contribution >= 0.6 is 0 Å². The minimum Gasteiger partial charge on any atom is -0.273 e. The standard InChI is InChI=1S/C21H22F3N3O3.C19H16FN3O.C11H14FNO.3C3H6FNO/c1-5-13-6-7-15(18(11-13)21(30)27(4)24)8-14-9-16(19(28)25(2)22)12-17(10-14)20(29)26(3)23;1-3-13-7-8-15(17(9-13)19(24)23(2)20)10-14-5-4-6-16(11-21)18(14)12-22;1-4-9-6-5-8(2)10(7-9)11(14)13(3)12;3*1-3(6)5(2)4/h6-7,9-12H,5,8H2,1-4H3;4-9H,3,10H2,1-2H3;5-7H,4H2,1-3H3;3*1-2H3. The smallest absolute Gasteiger partial charge is 0.273 e. The maximum absolute atomic E-state index is 13.6. The summed E-state index contributed by atoms with van der Waals surface area (Å²) in [5.74, 6) is -5.93. The molecule has 5 aromatic carbocycles. The van der Waals surface area contributed by atoms with E-state index >= 15 is 0 Å². The summed E-state index contributed by atoms with van der Waals surface area (Å²) in [5, 5.41) is 18.3. The topological polar surface area (TPSA) is 210 Å². The van der Waals surface area contributed by atoms with Crippen LogP contribution < -0.4 is 0 Å². The Hall–Kier alpha value is -9.72. The predicted octanol–water partition coefficient (Wildman–Crippen LogP) is 10.8. The highest BCUT2D eigenvalue weighted by Crippen LogP contribution is 2.25. The Morgan fingerprint density at radius 1 is 0.384 bits per heavy atom. The van der Waals surface area contributed by atoms with Gasteiger partial charge in [-0.15, -0.1) is 0 Å². The van der Waals surface area contributed by atoms with Gasteiger partial charge in [-0.3, -0.25) is 38.4 Å². The second kappa shape index (κ2) is 37.5. The molecule has 0 aliphatic heterocycles. The molecule has 8 amide bonds. The van der Waals surface area contributed by atoms with Gasteiger partial charge in [-0.1, -0.05) is 105 Å². The fourth-order valence-electron chi connectivity index (χ4n) is 6.81. The number of halogens is 8. The summed E-state index contributed by atoms with van der Waals surface area (Å²) in [7, 11) is 8.12. The summed E-state index contributed by atoms with van der Waals surface area (Å²) in [6.07, 6.45) is 2.51. The van der Waals surface area contributed by atoms with Crippen LogP contribution in [0.1, 0.15) is 149 Å². The van der Waals surface area contributed by atoms with E-state index in [4.69, 9.17) is 5.26 Å². The Bertz CT molecular complexity index is 3170. The number of benzene rings is 5. The minimum atomic E-state index is -1.02. The zero-order chi connectivity index (χ0) is 66.5. The van der Waals surface area contributed by atoms with Crippen LogP contribution in [0.5, 0.6) is 0 Å². The number of carbonyl (C=O) groups excluding carboxylic acids is 8. The molecule has 0 saturated carbocycles. The highest BCUT2D eigenvalue weighted by Gasteiger charge is 2.22. The lowest BCUT2D eigenvalue weighted by molar-refractivity contribution is -0.141. The number of amides is 8. The van der Waals surface area contributed by atoms with Crippen molar-refractivity contribution in [3.63, 3.8) is 0 Å². The van der Waals surface area contributed by atoms with Crippen molar-refractivity contribution < 1.29 is 74.2 Å². The van der Waals surface area contributed by atoms with Crippen molar-refractivity contribution in [3.05, 3.63) is 174 Å². The average molecular weight is 1210 g/mol. The molecule has 0 bridgehead atoms.